The van der Waals surface area contributed by atoms with Crippen molar-refractivity contribution >= 4 is 0 Å². The van der Waals surface area contributed by atoms with Crippen LogP contribution in [0.1, 0.15) is 51.0 Å². The summed E-state index contributed by atoms with van der Waals surface area (Å²) in [6.45, 7) is 3.55. The Balaban J connectivity index is 1.72. The predicted molar refractivity (Wildman–Crippen MR) is 71.9 cm³/mol. The summed E-state index contributed by atoms with van der Waals surface area (Å²) in [6, 6.07) is 11.7. The van der Waals surface area contributed by atoms with Gasteiger partial charge in [0.1, 0.15) is 0 Å². The van der Waals surface area contributed by atoms with Crippen LogP contribution in [-0.2, 0) is 6.54 Å². The van der Waals surface area contributed by atoms with E-state index in [0.29, 0.717) is 5.54 Å². The summed E-state index contributed by atoms with van der Waals surface area (Å²) in [5.41, 5.74) is 2.05. The number of hydrogen-bond acceptors (Lipinski definition) is 1. The molecule has 1 aromatic carbocycles. The maximum atomic E-state index is 2.77. The van der Waals surface area contributed by atoms with E-state index in [4.69, 9.17) is 0 Å². The zero-order chi connectivity index (χ0) is 11.7. The molecule has 0 bridgehead atoms. The Morgan fingerprint density at radius 2 is 1.82 bits per heavy atom. The first kappa shape index (κ1) is 11.3. The molecule has 1 heteroatoms. The van der Waals surface area contributed by atoms with Crippen LogP contribution in [0.15, 0.2) is 30.3 Å². The molecule has 1 heterocycles. The normalized spacial score (nSPS) is 27.9. The third-order valence-electron chi connectivity index (χ3n) is 4.80. The first-order valence-electron chi connectivity index (χ1n) is 7.11. The average Bonchev–Trinajstić information content (AvgIpc) is 2.39. The Morgan fingerprint density at radius 1 is 1.12 bits per heavy atom. The molecule has 1 unspecified atom stereocenters. The van der Waals surface area contributed by atoms with Crippen LogP contribution in [0.3, 0.4) is 0 Å². The summed E-state index contributed by atoms with van der Waals surface area (Å²) in [5, 5.41) is 0. The summed E-state index contributed by atoms with van der Waals surface area (Å²) in [4.78, 5) is 2.77. The summed E-state index contributed by atoms with van der Waals surface area (Å²) in [7, 11) is 0. The highest BCUT2D eigenvalue weighted by atomic mass is 15.3. The Hall–Kier alpha value is -0.820. The molecule has 92 valence electrons. The molecule has 1 saturated heterocycles. The van der Waals surface area contributed by atoms with Gasteiger partial charge in [-0.15, -0.1) is 0 Å². The lowest BCUT2D eigenvalue weighted by Gasteiger charge is -2.59. The van der Waals surface area contributed by atoms with Gasteiger partial charge in [0.15, 0.2) is 0 Å². The highest BCUT2D eigenvalue weighted by Gasteiger charge is 2.49. The monoisotopic (exact) mass is 229 g/mol. The fraction of sp³-hybridized carbons (Fsp3) is 0.625. The fourth-order valence-corrected chi connectivity index (χ4v) is 3.94. The lowest BCUT2D eigenvalue weighted by molar-refractivity contribution is -0.0947. The second kappa shape index (κ2) is 4.45. The van der Waals surface area contributed by atoms with Crippen molar-refractivity contribution in [3.05, 3.63) is 35.9 Å². The highest BCUT2D eigenvalue weighted by Crippen LogP contribution is 2.47. The van der Waals surface area contributed by atoms with Gasteiger partial charge in [0.25, 0.3) is 0 Å². The smallest absolute Gasteiger partial charge is 0.0242 e. The number of likely N-dealkylation sites (tertiary alicyclic amines) is 1. The van der Waals surface area contributed by atoms with Crippen LogP contribution in [0.25, 0.3) is 0 Å². The van der Waals surface area contributed by atoms with Gasteiger partial charge in [-0.3, -0.25) is 4.90 Å². The van der Waals surface area contributed by atoms with Gasteiger partial charge in [-0.05, 0) is 31.7 Å². The zero-order valence-corrected chi connectivity index (χ0v) is 10.9. The molecule has 3 rings (SSSR count). The maximum Gasteiger partial charge on any atom is 0.0242 e. The van der Waals surface area contributed by atoms with Crippen LogP contribution < -0.4 is 0 Å². The average molecular weight is 229 g/mol. The molecule has 2 aliphatic rings. The minimum atomic E-state index is 0.577. The maximum absolute atomic E-state index is 2.77. The molecule has 0 N–H and O–H groups in total. The van der Waals surface area contributed by atoms with Gasteiger partial charge in [0, 0.05) is 18.1 Å². The highest BCUT2D eigenvalue weighted by molar-refractivity contribution is 5.17. The number of hydrogen-bond donors (Lipinski definition) is 0. The summed E-state index contributed by atoms with van der Waals surface area (Å²) >= 11 is 0. The Kier molecular flexibility index (Phi) is 2.96. The number of benzene rings is 1. The SMILES string of the molecule is CC1CC2(CCCCC2)N1Cc1ccccc1. The minimum absolute atomic E-state index is 0.577. The topological polar surface area (TPSA) is 3.24 Å². The van der Waals surface area contributed by atoms with E-state index in [0.717, 1.165) is 12.6 Å². The number of nitrogens with zero attached hydrogens (tertiary/aromatic N) is 1. The zero-order valence-electron chi connectivity index (χ0n) is 10.9. The Morgan fingerprint density at radius 3 is 2.47 bits per heavy atom. The van der Waals surface area contributed by atoms with Crippen LogP contribution >= 0.6 is 0 Å². The molecule has 1 aliphatic heterocycles. The molecule has 0 radical (unpaired) electrons. The van der Waals surface area contributed by atoms with Crippen molar-refractivity contribution in [2.75, 3.05) is 0 Å². The molecule has 0 aromatic heterocycles. The molecule has 1 spiro atoms. The molecule has 1 aliphatic carbocycles. The lowest BCUT2D eigenvalue weighted by atomic mass is 9.69. The van der Waals surface area contributed by atoms with Crippen LogP contribution in [0.5, 0.6) is 0 Å². The van der Waals surface area contributed by atoms with E-state index in [-0.39, 0.29) is 0 Å². The third-order valence-corrected chi connectivity index (χ3v) is 4.80. The molecular weight excluding hydrogens is 206 g/mol. The largest absolute Gasteiger partial charge is 0.291 e. The van der Waals surface area contributed by atoms with Gasteiger partial charge in [0.05, 0.1) is 0 Å². The standard InChI is InChI=1S/C16H23N/c1-14-12-16(10-6-3-7-11-16)17(14)13-15-8-4-2-5-9-15/h2,4-5,8-9,14H,3,6-7,10-13H2,1H3. The van der Waals surface area contributed by atoms with Crippen molar-refractivity contribution in [2.45, 2.75) is 63.6 Å². The van der Waals surface area contributed by atoms with Crippen LogP contribution in [0, 0.1) is 0 Å². The van der Waals surface area contributed by atoms with Crippen molar-refractivity contribution < 1.29 is 0 Å². The van der Waals surface area contributed by atoms with Crippen LogP contribution in [-0.4, -0.2) is 16.5 Å². The molecule has 1 saturated carbocycles. The van der Waals surface area contributed by atoms with Gasteiger partial charge in [-0.2, -0.15) is 0 Å². The van der Waals surface area contributed by atoms with E-state index in [1.54, 1.807) is 0 Å². The summed E-state index contributed by atoms with van der Waals surface area (Å²) in [5.74, 6) is 0. The van der Waals surface area contributed by atoms with E-state index in [2.05, 4.69) is 42.2 Å². The second-order valence-corrected chi connectivity index (χ2v) is 5.95. The van der Waals surface area contributed by atoms with E-state index in [1.807, 2.05) is 0 Å². The molecule has 1 aromatic rings. The molecule has 2 fully saturated rings. The van der Waals surface area contributed by atoms with E-state index in [9.17, 15) is 0 Å². The Bertz CT molecular complexity index is 359. The quantitative estimate of drug-likeness (QED) is 0.741. The van der Waals surface area contributed by atoms with Gasteiger partial charge in [-0.25, -0.2) is 0 Å². The first-order chi connectivity index (χ1) is 8.30. The third kappa shape index (κ3) is 2.01. The minimum Gasteiger partial charge on any atom is -0.291 e. The molecule has 17 heavy (non-hydrogen) atoms. The van der Waals surface area contributed by atoms with Crippen molar-refractivity contribution in [1.82, 2.24) is 4.90 Å². The lowest BCUT2D eigenvalue weighted by Crippen LogP contribution is -2.64. The van der Waals surface area contributed by atoms with Gasteiger partial charge in [-0.1, -0.05) is 49.6 Å². The number of rotatable bonds is 2. The van der Waals surface area contributed by atoms with Gasteiger partial charge < -0.3 is 0 Å². The second-order valence-electron chi connectivity index (χ2n) is 5.95. The predicted octanol–water partition coefficient (Wildman–Crippen LogP) is 3.98. The van der Waals surface area contributed by atoms with E-state index in [1.165, 1.54) is 44.1 Å². The Labute approximate surface area is 105 Å². The molecule has 1 atom stereocenters. The summed E-state index contributed by atoms with van der Waals surface area (Å²) in [6.07, 6.45) is 8.64. The molecule has 0 amide bonds. The van der Waals surface area contributed by atoms with Crippen LogP contribution in [0.4, 0.5) is 0 Å². The van der Waals surface area contributed by atoms with Crippen LogP contribution in [0.2, 0.25) is 0 Å². The van der Waals surface area contributed by atoms with Crippen molar-refractivity contribution in [3.8, 4) is 0 Å². The van der Waals surface area contributed by atoms with Gasteiger partial charge >= 0.3 is 0 Å². The fourth-order valence-electron chi connectivity index (χ4n) is 3.94. The van der Waals surface area contributed by atoms with E-state index < -0.39 is 0 Å². The van der Waals surface area contributed by atoms with Crippen molar-refractivity contribution in [3.63, 3.8) is 0 Å². The first-order valence-corrected chi connectivity index (χ1v) is 7.11. The van der Waals surface area contributed by atoms with Crippen molar-refractivity contribution in [2.24, 2.45) is 0 Å². The summed E-state index contributed by atoms with van der Waals surface area (Å²) < 4.78 is 0. The van der Waals surface area contributed by atoms with Gasteiger partial charge in [0.2, 0.25) is 0 Å². The molecule has 1 nitrogen and oxygen atoms in total. The van der Waals surface area contributed by atoms with Crippen molar-refractivity contribution in [1.29, 1.82) is 0 Å². The molecular formula is C16H23N. The van der Waals surface area contributed by atoms with E-state index >= 15 is 0 Å².